The SMILES string of the molecule is CCCN1CCCC(N)C1c1ccc(Br)cc1. The van der Waals surface area contributed by atoms with Crippen molar-refractivity contribution < 1.29 is 0 Å². The van der Waals surface area contributed by atoms with Gasteiger partial charge in [-0.2, -0.15) is 0 Å². The van der Waals surface area contributed by atoms with Gasteiger partial charge >= 0.3 is 0 Å². The van der Waals surface area contributed by atoms with Crippen molar-refractivity contribution in [3.63, 3.8) is 0 Å². The number of rotatable bonds is 3. The molecule has 17 heavy (non-hydrogen) atoms. The molecule has 0 aliphatic carbocycles. The van der Waals surface area contributed by atoms with Gasteiger partial charge in [-0.1, -0.05) is 35.0 Å². The summed E-state index contributed by atoms with van der Waals surface area (Å²) in [4.78, 5) is 2.54. The summed E-state index contributed by atoms with van der Waals surface area (Å²) in [5.41, 5.74) is 7.67. The summed E-state index contributed by atoms with van der Waals surface area (Å²) in [6, 6.07) is 9.29. The Labute approximate surface area is 112 Å². The lowest BCUT2D eigenvalue weighted by Crippen LogP contribution is -2.46. The van der Waals surface area contributed by atoms with Crippen LogP contribution in [-0.2, 0) is 0 Å². The van der Waals surface area contributed by atoms with Crippen LogP contribution >= 0.6 is 15.9 Å². The molecule has 1 fully saturated rings. The fourth-order valence-electron chi connectivity index (χ4n) is 2.75. The molecule has 2 unspecified atom stereocenters. The van der Waals surface area contributed by atoms with Crippen molar-refractivity contribution in [1.82, 2.24) is 4.90 Å². The molecular formula is C14H21BrN2. The minimum absolute atomic E-state index is 0.275. The van der Waals surface area contributed by atoms with Crippen molar-refractivity contribution in [2.24, 2.45) is 5.73 Å². The van der Waals surface area contributed by atoms with E-state index in [-0.39, 0.29) is 6.04 Å². The largest absolute Gasteiger partial charge is 0.326 e. The van der Waals surface area contributed by atoms with Crippen molar-refractivity contribution in [3.05, 3.63) is 34.3 Å². The predicted molar refractivity (Wildman–Crippen MR) is 76.0 cm³/mol. The van der Waals surface area contributed by atoms with Crippen molar-refractivity contribution in [2.45, 2.75) is 38.3 Å². The molecule has 0 radical (unpaired) electrons. The minimum Gasteiger partial charge on any atom is -0.326 e. The lowest BCUT2D eigenvalue weighted by molar-refractivity contribution is 0.128. The van der Waals surface area contributed by atoms with Gasteiger partial charge in [-0.05, 0) is 50.0 Å². The molecule has 2 atom stereocenters. The number of likely N-dealkylation sites (tertiary alicyclic amines) is 1. The normalized spacial score (nSPS) is 26.1. The topological polar surface area (TPSA) is 29.3 Å². The molecular weight excluding hydrogens is 276 g/mol. The predicted octanol–water partition coefficient (Wildman–Crippen LogP) is 3.32. The lowest BCUT2D eigenvalue weighted by Gasteiger charge is -2.40. The number of hydrogen-bond acceptors (Lipinski definition) is 2. The van der Waals surface area contributed by atoms with E-state index in [0.717, 1.165) is 17.4 Å². The van der Waals surface area contributed by atoms with Gasteiger partial charge in [0.05, 0.1) is 0 Å². The van der Waals surface area contributed by atoms with Crippen LogP contribution in [0.1, 0.15) is 37.8 Å². The van der Waals surface area contributed by atoms with E-state index in [1.54, 1.807) is 0 Å². The van der Waals surface area contributed by atoms with Gasteiger partial charge in [0.15, 0.2) is 0 Å². The maximum atomic E-state index is 6.32. The highest BCUT2D eigenvalue weighted by Gasteiger charge is 2.29. The molecule has 0 spiro atoms. The maximum Gasteiger partial charge on any atom is 0.0499 e. The summed E-state index contributed by atoms with van der Waals surface area (Å²) in [5, 5.41) is 0. The van der Waals surface area contributed by atoms with Crippen molar-refractivity contribution >= 4 is 15.9 Å². The van der Waals surface area contributed by atoms with Crippen LogP contribution < -0.4 is 5.73 Å². The standard InChI is InChI=1S/C14H21BrN2/c1-2-9-17-10-3-4-13(16)14(17)11-5-7-12(15)8-6-11/h5-8,13-14H,2-4,9-10,16H2,1H3. The molecule has 1 aromatic carbocycles. The van der Waals surface area contributed by atoms with Gasteiger partial charge in [-0.25, -0.2) is 0 Å². The number of nitrogens with two attached hydrogens (primary N) is 1. The summed E-state index contributed by atoms with van der Waals surface area (Å²) in [6.45, 7) is 4.56. The van der Waals surface area contributed by atoms with Gasteiger partial charge < -0.3 is 5.73 Å². The first-order chi connectivity index (χ1) is 8.22. The van der Waals surface area contributed by atoms with E-state index in [2.05, 4.69) is 52.0 Å². The molecule has 0 aromatic heterocycles. The monoisotopic (exact) mass is 296 g/mol. The van der Waals surface area contributed by atoms with Crippen LogP contribution in [0.3, 0.4) is 0 Å². The first-order valence-corrected chi connectivity index (χ1v) is 7.26. The van der Waals surface area contributed by atoms with Gasteiger partial charge in [0.25, 0.3) is 0 Å². The van der Waals surface area contributed by atoms with E-state index in [1.807, 2.05) is 0 Å². The fraction of sp³-hybridized carbons (Fsp3) is 0.571. The maximum absolute atomic E-state index is 6.32. The smallest absolute Gasteiger partial charge is 0.0499 e. The molecule has 1 saturated heterocycles. The average molecular weight is 297 g/mol. The number of piperidine rings is 1. The summed E-state index contributed by atoms with van der Waals surface area (Å²) in [5.74, 6) is 0. The van der Waals surface area contributed by atoms with Crippen molar-refractivity contribution in [1.29, 1.82) is 0 Å². The first-order valence-electron chi connectivity index (χ1n) is 6.47. The van der Waals surface area contributed by atoms with Gasteiger partial charge in [-0.3, -0.25) is 4.90 Å². The molecule has 1 aliphatic heterocycles. The van der Waals surface area contributed by atoms with Crippen LogP contribution in [0.15, 0.2) is 28.7 Å². The molecule has 0 bridgehead atoms. The molecule has 2 N–H and O–H groups in total. The summed E-state index contributed by atoms with van der Waals surface area (Å²) >= 11 is 3.49. The second-order valence-electron chi connectivity index (χ2n) is 4.84. The number of benzene rings is 1. The Kier molecular flexibility index (Phi) is 4.60. The van der Waals surface area contributed by atoms with Crippen molar-refractivity contribution in [3.8, 4) is 0 Å². The molecule has 1 aromatic rings. The Bertz CT molecular complexity index is 348. The van der Waals surface area contributed by atoms with E-state index >= 15 is 0 Å². The summed E-state index contributed by atoms with van der Waals surface area (Å²) in [7, 11) is 0. The highest BCUT2D eigenvalue weighted by Crippen LogP contribution is 2.30. The van der Waals surface area contributed by atoms with E-state index in [1.165, 1.54) is 24.9 Å². The third-order valence-electron chi connectivity index (χ3n) is 3.50. The van der Waals surface area contributed by atoms with E-state index in [4.69, 9.17) is 5.73 Å². The fourth-order valence-corrected chi connectivity index (χ4v) is 3.02. The van der Waals surface area contributed by atoms with Crippen LogP contribution in [0.25, 0.3) is 0 Å². The number of hydrogen-bond donors (Lipinski definition) is 1. The van der Waals surface area contributed by atoms with E-state index < -0.39 is 0 Å². The third kappa shape index (κ3) is 3.09. The Hall–Kier alpha value is -0.380. The lowest BCUT2D eigenvalue weighted by atomic mass is 9.91. The van der Waals surface area contributed by atoms with E-state index in [9.17, 15) is 0 Å². The second-order valence-corrected chi connectivity index (χ2v) is 5.75. The van der Waals surface area contributed by atoms with Crippen LogP contribution in [0, 0.1) is 0 Å². The Morgan fingerprint density at radius 1 is 1.35 bits per heavy atom. The second kappa shape index (κ2) is 5.98. The molecule has 0 saturated carbocycles. The number of halogens is 1. The molecule has 1 heterocycles. The highest BCUT2D eigenvalue weighted by atomic mass is 79.9. The third-order valence-corrected chi connectivity index (χ3v) is 4.03. The molecule has 1 aliphatic rings. The van der Waals surface area contributed by atoms with Crippen LogP contribution in [0.4, 0.5) is 0 Å². The van der Waals surface area contributed by atoms with Crippen LogP contribution in [-0.4, -0.2) is 24.0 Å². The molecule has 2 rings (SSSR count). The zero-order valence-corrected chi connectivity index (χ0v) is 12.0. The first kappa shape index (κ1) is 13.1. The highest BCUT2D eigenvalue weighted by molar-refractivity contribution is 9.10. The van der Waals surface area contributed by atoms with Crippen molar-refractivity contribution in [2.75, 3.05) is 13.1 Å². The quantitative estimate of drug-likeness (QED) is 0.927. The van der Waals surface area contributed by atoms with E-state index in [0.29, 0.717) is 6.04 Å². The Balaban J connectivity index is 2.21. The summed E-state index contributed by atoms with van der Waals surface area (Å²) < 4.78 is 1.13. The Morgan fingerprint density at radius 2 is 2.06 bits per heavy atom. The average Bonchev–Trinajstić information content (AvgIpc) is 2.32. The van der Waals surface area contributed by atoms with Crippen LogP contribution in [0.2, 0.25) is 0 Å². The Morgan fingerprint density at radius 3 is 2.71 bits per heavy atom. The van der Waals surface area contributed by atoms with Gasteiger partial charge in [-0.15, -0.1) is 0 Å². The molecule has 0 amide bonds. The number of nitrogens with zero attached hydrogens (tertiary/aromatic N) is 1. The van der Waals surface area contributed by atoms with Gasteiger partial charge in [0.1, 0.15) is 0 Å². The zero-order valence-electron chi connectivity index (χ0n) is 10.4. The molecule has 94 valence electrons. The molecule has 3 heteroatoms. The summed E-state index contributed by atoms with van der Waals surface area (Å²) in [6.07, 6.45) is 3.56. The van der Waals surface area contributed by atoms with Gasteiger partial charge in [0, 0.05) is 16.6 Å². The zero-order chi connectivity index (χ0) is 12.3. The molecule has 2 nitrogen and oxygen atoms in total. The van der Waals surface area contributed by atoms with Crippen LogP contribution in [0.5, 0.6) is 0 Å². The minimum atomic E-state index is 0.275. The van der Waals surface area contributed by atoms with Gasteiger partial charge in [0.2, 0.25) is 0 Å².